The van der Waals surface area contributed by atoms with Gasteiger partial charge in [0.25, 0.3) is 5.97 Å². The van der Waals surface area contributed by atoms with Crippen molar-refractivity contribution in [2.24, 2.45) is 0 Å². The lowest BCUT2D eigenvalue weighted by Crippen LogP contribution is -2.13. The summed E-state index contributed by atoms with van der Waals surface area (Å²) in [7, 11) is 0. The molecule has 0 aromatic rings. The molecule has 0 saturated heterocycles. The van der Waals surface area contributed by atoms with Crippen LogP contribution >= 0.6 is 0 Å². The molecule has 1 saturated carbocycles. The third-order valence-corrected chi connectivity index (χ3v) is 1.70. The maximum atomic E-state index is 9.08. The topological polar surface area (TPSA) is 57.5 Å². The Bertz CT molecular complexity index is 159. The summed E-state index contributed by atoms with van der Waals surface area (Å²) in [6.07, 6.45) is 4.15. The molecule has 0 aromatic carbocycles. The summed E-state index contributed by atoms with van der Waals surface area (Å²) >= 11 is 0. The van der Waals surface area contributed by atoms with Crippen molar-refractivity contribution in [3.05, 3.63) is 12.2 Å². The number of hydrogen-bond acceptors (Lipinski definition) is 2. The van der Waals surface area contributed by atoms with Gasteiger partial charge in [0.1, 0.15) is 0 Å². The number of aliphatic hydroxyl groups is 1. The molecule has 1 aliphatic rings. The molecule has 2 N–H and O–H groups in total. The summed E-state index contributed by atoms with van der Waals surface area (Å²) in [5.41, 5.74) is 1.02. The highest BCUT2D eigenvalue weighted by Crippen LogP contribution is 2.21. The van der Waals surface area contributed by atoms with E-state index < -0.39 is 5.97 Å². The average molecular weight is 172 g/mol. The second-order valence-corrected chi connectivity index (χ2v) is 2.94. The fourth-order valence-corrected chi connectivity index (χ4v) is 1.06. The second kappa shape index (κ2) is 5.77. The van der Waals surface area contributed by atoms with Crippen molar-refractivity contribution in [2.75, 3.05) is 0 Å². The van der Waals surface area contributed by atoms with Crippen molar-refractivity contribution in [3.8, 4) is 0 Å². The molecule has 1 atom stereocenters. The molecule has 3 nitrogen and oxygen atoms in total. The maximum absolute atomic E-state index is 9.08. The van der Waals surface area contributed by atoms with Gasteiger partial charge in [-0.1, -0.05) is 13.0 Å². The zero-order chi connectivity index (χ0) is 9.56. The Balaban J connectivity index is 0.000000261. The average Bonchev–Trinajstić information content (AvgIpc) is 1.94. The lowest BCUT2D eigenvalue weighted by atomic mass is 9.94. The highest BCUT2D eigenvalue weighted by atomic mass is 16.4. The predicted octanol–water partition coefficient (Wildman–Crippen LogP) is 1.57. The van der Waals surface area contributed by atoms with Crippen molar-refractivity contribution >= 4 is 5.97 Å². The highest BCUT2D eigenvalue weighted by Gasteiger charge is 2.12. The van der Waals surface area contributed by atoms with E-state index in [1.165, 1.54) is 12.8 Å². The lowest BCUT2D eigenvalue weighted by Gasteiger charge is -2.18. The molecule has 0 spiro atoms. The van der Waals surface area contributed by atoms with Crippen LogP contribution < -0.4 is 0 Å². The molecule has 1 fully saturated rings. The predicted molar refractivity (Wildman–Crippen MR) is 46.9 cm³/mol. The lowest BCUT2D eigenvalue weighted by molar-refractivity contribution is -0.134. The Morgan fingerprint density at radius 2 is 2.08 bits per heavy atom. The van der Waals surface area contributed by atoms with Crippen LogP contribution in [0.15, 0.2) is 12.2 Å². The zero-order valence-corrected chi connectivity index (χ0v) is 7.42. The third-order valence-electron chi connectivity index (χ3n) is 1.70. The van der Waals surface area contributed by atoms with Crippen LogP contribution in [0.1, 0.15) is 32.6 Å². The largest absolute Gasteiger partial charge is 0.481 e. The molecular weight excluding hydrogens is 156 g/mol. The van der Waals surface area contributed by atoms with Crippen LogP contribution in [0.25, 0.3) is 0 Å². The number of hydrogen-bond donors (Lipinski definition) is 2. The molecule has 0 heterocycles. The van der Waals surface area contributed by atoms with Crippen molar-refractivity contribution in [1.82, 2.24) is 0 Å². The number of carbonyl (C=O) groups is 1. The fourth-order valence-electron chi connectivity index (χ4n) is 1.06. The molecule has 70 valence electrons. The summed E-state index contributed by atoms with van der Waals surface area (Å²) in [5.74, 6) is -0.833. The highest BCUT2D eigenvalue weighted by molar-refractivity contribution is 5.62. The summed E-state index contributed by atoms with van der Waals surface area (Å²) in [4.78, 5) is 9.00. The van der Waals surface area contributed by atoms with Crippen LogP contribution in [0.2, 0.25) is 0 Å². The first-order chi connectivity index (χ1) is 5.54. The summed E-state index contributed by atoms with van der Waals surface area (Å²) in [6.45, 7) is 4.83. The number of rotatable bonds is 0. The van der Waals surface area contributed by atoms with E-state index in [4.69, 9.17) is 15.0 Å². The van der Waals surface area contributed by atoms with Gasteiger partial charge >= 0.3 is 0 Å². The quantitative estimate of drug-likeness (QED) is 0.545. The van der Waals surface area contributed by atoms with Gasteiger partial charge in [0.2, 0.25) is 0 Å². The Morgan fingerprint density at radius 1 is 1.58 bits per heavy atom. The number of carboxylic acid groups (broad SMARTS) is 1. The van der Waals surface area contributed by atoms with E-state index >= 15 is 0 Å². The molecule has 0 amide bonds. The molecule has 3 heteroatoms. The molecule has 0 bridgehead atoms. The van der Waals surface area contributed by atoms with Crippen LogP contribution in [0.4, 0.5) is 0 Å². The Kier molecular flexibility index (Phi) is 5.37. The normalized spacial score (nSPS) is 22.5. The number of carboxylic acids is 1. The molecule has 0 aliphatic heterocycles. The fraction of sp³-hybridized carbons (Fsp3) is 0.667. The smallest absolute Gasteiger partial charge is 0.300 e. The van der Waals surface area contributed by atoms with Crippen LogP contribution in [0.5, 0.6) is 0 Å². The van der Waals surface area contributed by atoms with Crippen molar-refractivity contribution in [3.63, 3.8) is 0 Å². The Labute approximate surface area is 72.7 Å². The van der Waals surface area contributed by atoms with Crippen molar-refractivity contribution in [1.29, 1.82) is 0 Å². The molecule has 1 aliphatic carbocycles. The number of aliphatic carboxylic acids is 1. The van der Waals surface area contributed by atoms with E-state index in [9.17, 15) is 0 Å². The van der Waals surface area contributed by atoms with Gasteiger partial charge in [0, 0.05) is 6.92 Å². The Hall–Kier alpha value is -0.830. The van der Waals surface area contributed by atoms with E-state index in [1.54, 1.807) is 0 Å². The first-order valence-electron chi connectivity index (χ1n) is 4.09. The van der Waals surface area contributed by atoms with Crippen LogP contribution in [-0.2, 0) is 4.79 Å². The van der Waals surface area contributed by atoms with E-state index in [1.807, 2.05) is 0 Å². The van der Waals surface area contributed by atoms with Gasteiger partial charge in [-0.2, -0.15) is 0 Å². The first kappa shape index (κ1) is 11.2. The first-order valence-corrected chi connectivity index (χ1v) is 4.09. The molecular formula is C9H16O3. The van der Waals surface area contributed by atoms with Gasteiger partial charge in [-0.05, 0) is 24.8 Å². The minimum atomic E-state index is -0.833. The Morgan fingerprint density at radius 3 is 2.33 bits per heavy atom. The van der Waals surface area contributed by atoms with Crippen LogP contribution in [0, 0.1) is 0 Å². The second-order valence-electron chi connectivity index (χ2n) is 2.94. The van der Waals surface area contributed by atoms with Gasteiger partial charge < -0.3 is 10.2 Å². The van der Waals surface area contributed by atoms with E-state index in [2.05, 4.69) is 6.58 Å². The molecule has 0 radical (unpaired) electrons. The number of aliphatic hydroxyl groups excluding tert-OH is 1. The van der Waals surface area contributed by atoms with E-state index in [0.29, 0.717) is 0 Å². The van der Waals surface area contributed by atoms with Crippen LogP contribution in [-0.4, -0.2) is 22.3 Å². The van der Waals surface area contributed by atoms with Gasteiger partial charge in [-0.3, -0.25) is 4.79 Å². The van der Waals surface area contributed by atoms with Gasteiger partial charge in [-0.15, -0.1) is 0 Å². The molecule has 1 unspecified atom stereocenters. The van der Waals surface area contributed by atoms with Crippen molar-refractivity contribution in [2.45, 2.75) is 38.7 Å². The standard InChI is InChI=1S/C7H12O.C2H4O2/c1-6-4-2-3-5-7(6)8;1-2(3)4/h7-8H,1-5H2;1H3,(H,3,4). The molecule has 0 aromatic heterocycles. The monoisotopic (exact) mass is 172 g/mol. The molecule has 12 heavy (non-hydrogen) atoms. The van der Waals surface area contributed by atoms with Crippen LogP contribution in [0.3, 0.4) is 0 Å². The minimum absolute atomic E-state index is 0.191. The van der Waals surface area contributed by atoms with E-state index in [0.717, 1.165) is 25.3 Å². The molecule has 1 rings (SSSR count). The van der Waals surface area contributed by atoms with Crippen molar-refractivity contribution < 1.29 is 15.0 Å². The minimum Gasteiger partial charge on any atom is -0.481 e. The van der Waals surface area contributed by atoms with Gasteiger partial charge in [-0.25, -0.2) is 0 Å². The zero-order valence-electron chi connectivity index (χ0n) is 7.42. The summed E-state index contributed by atoms with van der Waals surface area (Å²) < 4.78 is 0. The summed E-state index contributed by atoms with van der Waals surface area (Å²) in [5, 5.41) is 16.5. The maximum Gasteiger partial charge on any atom is 0.300 e. The van der Waals surface area contributed by atoms with Gasteiger partial charge in [0.15, 0.2) is 0 Å². The third kappa shape index (κ3) is 5.92. The van der Waals surface area contributed by atoms with E-state index in [-0.39, 0.29) is 6.10 Å². The summed E-state index contributed by atoms with van der Waals surface area (Å²) in [6, 6.07) is 0. The SMILES string of the molecule is C=C1CCCCC1O.CC(=O)O. The van der Waals surface area contributed by atoms with Gasteiger partial charge in [0.05, 0.1) is 6.10 Å².